The molecular weight excluding hydrogens is 148 g/mol. The highest BCUT2D eigenvalue weighted by Crippen LogP contribution is 2.19. The maximum absolute atomic E-state index is 9.21. The molecule has 1 fully saturated rings. The molecule has 0 aromatic carbocycles. The summed E-state index contributed by atoms with van der Waals surface area (Å²) in [5.41, 5.74) is 0. The molecule has 0 saturated carbocycles. The van der Waals surface area contributed by atoms with Crippen molar-refractivity contribution in [3.63, 3.8) is 0 Å². The third-order valence-electron chi connectivity index (χ3n) is 2.02. The first-order valence-corrected chi connectivity index (χ1v) is 3.77. The molecule has 0 aromatic rings. The summed E-state index contributed by atoms with van der Waals surface area (Å²) in [5.74, 6) is 0. The van der Waals surface area contributed by atoms with Crippen LogP contribution in [-0.4, -0.2) is 46.3 Å². The van der Waals surface area contributed by atoms with Crippen molar-refractivity contribution in [3.8, 4) is 0 Å². The zero-order valence-electron chi connectivity index (χ0n) is 6.47. The van der Waals surface area contributed by atoms with Crippen LogP contribution in [0.3, 0.4) is 0 Å². The smallest absolute Gasteiger partial charge is 0.107 e. The highest BCUT2D eigenvalue weighted by Gasteiger charge is 2.32. The molecule has 0 aliphatic carbocycles. The Balaban J connectivity index is 2.48. The molecule has 0 aromatic heterocycles. The molecular formula is C7H14O4. The first-order chi connectivity index (χ1) is 5.15. The lowest BCUT2D eigenvalue weighted by Gasteiger charge is -2.34. The molecule has 0 amide bonds. The van der Waals surface area contributed by atoms with Crippen LogP contribution < -0.4 is 0 Å². The zero-order valence-corrected chi connectivity index (χ0v) is 6.47. The fraction of sp³-hybridized carbons (Fsp3) is 1.00. The van der Waals surface area contributed by atoms with Crippen LogP contribution in [0.15, 0.2) is 0 Å². The van der Waals surface area contributed by atoms with E-state index in [1.807, 2.05) is 0 Å². The molecule has 11 heavy (non-hydrogen) atoms. The fourth-order valence-electron chi connectivity index (χ4n) is 1.21. The van der Waals surface area contributed by atoms with Gasteiger partial charge in [-0.1, -0.05) is 0 Å². The molecule has 1 saturated heterocycles. The number of hydrogen-bond donors (Lipinski definition) is 3. The van der Waals surface area contributed by atoms with E-state index in [2.05, 4.69) is 0 Å². The lowest BCUT2D eigenvalue weighted by atomic mass is 10.00. The maximum Gasteiger partial charge on any atom is 0.107 e. The topological polar surface area (TPSA) is 69.9 Å². The van der Waals surface area contributed by atoms with Crippen LogP contribution in [0.5, 0.6) is 0 Å². The predicted molar refractivity (Wildman–Crippen MR) is 38.1 cm³/mol. The first-order valence-electron chi connectivity index (χ1n) is 3.77. The van der Waals surface area contributed by atoms with E-state index in [1.54, 1.807) is 6.92 Å². The Kier molecular flexibility index (Phi) is 2.84. The third kappa shape index (κ3) is 1.90. The van der Waals surface area contributed by atoms with Gasteiger partial charge < -0.3 is 20.1 Å². The normalized spacial score (nSPS) is 45.8. The van der Waals surface area contributed by atoms with Gasteiger partial charge in [-0.25, -0.2) is 0 Å². The second kappa shape index (κ2) is 3.49. The number of hydrogen-bond acceptors (Lipinski definition) is 4. The average Bonchev–Trinajstić information content (AvgIpc) is 1.97. The maximum atomic E-state index is 9.21. The van der Waals surface area contributed by atoms with E-state index in [0.29, 0.717) is 0 Å². The van der Waals surface area contributed by atoms with E-state index in [1.165, 1.54) is 0 Å². The predicted octanol–water partition coefficient (Wildman–Crippen LogP) is -1.12. The van der Waals surface area contributed by atoms with Crippen molar-refractivity contribution in [2.75, 3.05) is 6.61 Å². The van der Waals surface area contributed by atoms with Gasteiger partial charge in [0.15, 0.2) is 0 Å². The van der Waals surface area contributed by atoms with Crippen molar-refractivity contribution in [1.29, 1.82) is 0 Å². The van der Waals surface area contributed by atoms with Crippen LogP contribution in [0.2, 0.25) is 0 Å². The van der Waals surface area contributed by atoms with Gasteiger partial charge in [-0.05, 0) is 6.92 Å². The van der Waals surface area contributed by atoms with Crippen molar-refractivity contribution in [2.45, 2.75) is 37.8 Å². The quantitative estimate of drug-likeness (QED) is 0.456. The Morgan fingerprint density at radius 2 is 2.00 bits per heavy atom. The average molecular weight is 162 g/mol. The summed E-state index contributed by atoms with van der Waals surface area (Å²) in [6.45, 7) is 1.53. The van der Waals surface area contributed by atoms with Crippen LogP contribution in [0, 0.1) is 0 Å². The van der Waals surface area contributed by atoms with Gasteiger partial charge in [0, 0.05) is 6.42 Å². The first kappa shape index (κ1) is 8.93. The lowest BCUT2D eigenvalue weighted by molar-refractivity contribution is -0.173. The minimum Gasteiger partial charge on any atom is -0.394 e. The van der Waals surface area contributed by atoms with E-state index in [9.17, 15) is 10.2 Å². The minimum atomic E-state index is -0.744. The number of aliphatic hydroxyl groups is 3. The number of rotatable bonds is 1. The second-order valence-electron chi connectivity index (χ2n) is 2.93. The van der Waals surface area contributed by atoms with Crippen LogP contribution in [-0.2, 0) is 4.74 Å². The molecule has 1 rings (SSSR count). The summed E-state index contributed by atoms with van der Waals surface area (Å²) >= 11 is 0. The Morgan fingerprint density at radius 3 is 2.55 bits per heavy atom. The van der Waals surface area contributed by atoms with E-state index in [4.69, 9.17) is 9.84 Å². The van der Waals surface area contributed by atoms with Gasteiger partial charge in [-0.2, -0.15) is 0 Å². The summed E-state index contributed by atoms with van der Waals surface area (Å²) < 4.78 is 5.11. The standard InChI is InChI=1S/C7H14O4/c1-4-5(9)2-6(10)7(3-8)11-4/h4-10H,2-3H2,1H3/t4?,5-,6-,7-/m1/s1. The third-order valence-corrected chi connectivity index (χ3v) is 2.02. The van der Waals surface area contributed by atoms with Crippen molar-refractivity contribution in [3.05, 3.63) is 0 Å². The number of ether oxygens (including phenoxy) is 1. The molecule has 3 N–H and O–H groups in total. The Morgan fingerprint density at radius 1 is 1.36 bits per heavy atom. The molecule has 1 aliphatic rings. The molecule has 66 valence electrons. The van der Waals surface area contributed by atoms with E-state index < -0.39 is 18.3 Å². The van der Waals surface area contributed by atoms with Gasteiger partial charge in [-0.15, -0.1) is 0 Å². The molecule has 4 nitrogen and oxygen atoms in total. The second-order valence-corrected chi connectivity index (χ2v) is 2.93. The van der Waals surface area contributed by atoms with Gasteiger partial charge in [0.25, 0.3) is 0 Å². The van der Waals surface area contributed by atoms with Crippen LogP contribution in [0.4, 0.5) is 0 Å². The van der Waals surface area contributed by atoms with Crippen LogP contribution in [0.25, 0.3) is 0 Å². The number of aliphatic hydroxyl groups excluding tert-OH is 3. The SMILES string of the molecule is CC1O[C@H](CO)[C@H](O)C[C@H]1O. The molecule has 0 radical (unpaired) electrons. The molecule has 0 spiro atoms. The highest BCUT2D eigenvalue weighted by molar-refractivity contribution is 4.81. The Bertz CT molecular complexity index is 128. The summed E-state index contributed by atoms with van der Waals surface area (Å²) in [6, 6.07) is 0. The Labute approximate surface area is 65.4 Å². The molecule has 1 heterocycles. The highest BCUT2D eigenvalue weighted by atomic mass is 16.5. The van der Waals surface area contributed by atoms with Crippen molar-refractivity contribution in [1.82, 2.24) is 0 Å². The summed E-state index contributed by atoms with van der Waals surface area (Å²) in [7, 11) is 0. The van der Waals surface area contributed by atoms with Gasteiger partial charge in [0.1, 0.15) is 6.10 Å². The van der Waals surface area contributed by atoms with Crippen LogP contribution in [0.1, 0.15) is 13.3 Å². The minimum absolute atomic E-state index is 0.196. The largest absolute Gasteiger partial charge is 0.394 e. The van der Waals surface area contributed by atoms with Gasteiger partial charge in [-0.3, -0.25) is 0 Å². The van der Waals surface area contributed by atoms with Gasteiger partial charge >= 0.3 is 0 Å². The van der Waals surface area contributed by atoms with Gasteiger partial charge in [0.05, 0.1) is 24.9 Å². The fourth-order valence-corrected chi connectivity index (χ4v) is 1.21. The van der Waals surface area contributed by atoms with Crippen molar-refractivity contribution in [2.24, 2.45) is 0 Å². The molecule has 4 atom stereocenters. The zero-order chi connectivity index (χ0) is 8.43. The van der Waals surface area contributed by atoms with Crippen molar-refractivity contribution >= 4 is 0 Å². The monoisotopic (exact) mass is 162 g/mol. The molecule has 4 heteroatoms. The molecule has 0 bridgehead atoms. The van der Waals surface area contributed by atoms with Gasteiger partial charge in [0.2, 0.25) is 0 Å². The lowest BCUT2D eigenvalue weighted by Crippen LogP contribution is -2.47. The Hall–Kier alpha value is -0.160. The van der Waals surface area contributed by atoms with E-state index in [-0.39, 0.29) is 19.1 Å². The van der Waals surface area contributed by atoms with Crippen molar-refractivity contribution < 1.29 is 20.1 Å². The summed E-state index contributed by atoms with van der Waals surface area (Å²) in [6.07, 6.45) is -1.91. The summed E-state index contributed by atoms with van der Waals surface area (Å²) in [5, 5.41) is 27.1. The van der Waals surface area contributed by atoms with E-state index in [0.717, 1.165) is 0 Å². The molecule has 1 aliphatic heterocycles. The summed E-state index contributed by atoms with van der Waals surface area (Å²) in [4.78, 5) is 0. The van der Waals surface area contributed by atoms with Crippen LogP contribution >= 0.6 is 0 Å². The van der Waals surface area contributed by atoms with E-state index >= 15 is 0 Å². The molecule has 1 unspecified atom stereocenters.